The van der Waals surface area contributed by atoms with E-state index in [2.05, 4.69) is 0 Å². The summed E-state index contributed by atoms with van der Waals surface area (Å²) in [6.45, 7) is 2.33. The summed E-state index contributed by atoms with van der Waals surface area (Å²) in [7, 11) is 2.97. The lowest BCUT2D eigenvalue weighted by molar-refractivity contribution is 0.0653. The van der Waals surface area contributed by atoms with E-state index in [1.165, 1.54) is 19.1 Å². The van der Waals surface area contributed by atoms with E-state index in [1.54, 1.807) is 12.1 Å². The van der Waals surface area contributed by atoms with E-state index >= 15 is 0 Å². The first kappa shape index (κ1) is 12.4. The van der Waals surface area contributed by atoms with Gasteiger partial charge in [0.1, 0.15) is 11.5 Å². The predicted octanol–water partition coefficient (Wildman–Crippen LogP) is 1.71. The summed E-state index contributed by atoms with van der Waals surface area (Å²) in [4.78, 5) is 25.5. The molecule has 0 atom stereocenters. The lowest BCUT2D eigenvalue weighted by atomic mass is 10.1. The molecule has 2 amide bonds. The summed E-state index contributed by atoms with van der Waals surface area (Å²) in [5.41, 5.74) is 0.682. The van der Waals surface area contributed by atoms with Crippen molar-refractivity contribution in [2.75, 3.05) is 20.8 Å². The first-order valence-corrected chi connectivity index (χ1v) is 5.76. The zero-order chi connectivity index (χ0) is 13.3. The van der Waals surface area contributed by atoms with Gasteiger partial charge in [-0.25, -0.2) is 0 Å². The van der Waals surface area contributed by atoms with E-state index in [0.29, 0.717) is 29.2 Å². The minimum atomic E-state index is -0.295. The van der Waals surface area contributed by atoms with Crippen LogP contribution in [0.5, 0.6) is 11.5 Å². The number of fused-ring (bicyclic) bond motifs is 1. The van der Waals surface area contributed by atoms with Crippen LogP contribution in [0.15, 0.2) is 12.1 Å². The third-order valence-electron chi connectivity index (χ3n) is 2.91. The average Bonchev–Trinajstić information content (AvgIpc) is 2.63. The summed E-state index contributed by atoms with van der Waals surface area (Å²) >= 11 is 0. The molecule has 0 aliphatic carbocycles. The second-order valence-electron chi connectivity index (χ2n) is 4.01. The Hall–Kier alpha value is -2.04. The zero-order valence-corrected chi connectivity index (χ0v) is 10.6. The number of imide groups is 1. The molecule has 1 aliphatic heterocycles. The highest BCUT2D eigenvalue weighted by Crippen LogP contribution is 2.34. The van der Waals surface area contributed by atoms with Crippen molar-refractivity contribution in [1.82, 2.24) is 4.90 Å². The summed E-state index contributed by atoms with van der Waals surface area (Å²) in [5, 5.41) is 0. The molecule has 18 heavy (non-hydrogen) atoms. The zero-order valence-electron chi connectivity index (χ0n) is 10.6. The van der Waals surface area contributed by atoms with Gasteiger partial charge in [-0.3, -0.25) is 14.5 Å². The van der Waals surface area contributed by atoms with Gasteiger partial charge in [0.15, 0.2) is 0 Å². The van der Waals surface area contributed by atoms with Crippen LogP contribution >= 0.6 is 0 Å². The Kier molecular flexibility index (Phi) is 3.23. The van der Waals surface area contributed by atoms with Crippen molar-refractivity contribution in [3.05, 3.63) is 23.3 Å². The highest BCUT2D eigenvalue weighted by Gasteiger charge is 2.38. The number of benzene rings is 1. The highest BCUT2D eigenvalue weighted by molar-refractivity contribution is 6.22. The molecular weight excluding hydrogens is 234 g/mol. The van der Waals surface area contributed by atoms with Gasteiger partial charge in [-0.05, 0) is 12.5 Å². The van der Waals surface area contributed by atoms with Gasteiger partial charge >= 0.3 is 0 Å². The van der Waals surface area contributed by atoms with Crippen LogP contribution in [0.4, 0.5) is 0 Å². The van der Waals surface area contributed by atoms with Gasteiger partial charge in [0, 0.05) is 12.6 Å². The fourth-order valence-electron chi connectivity index (χ4n) is 2.06. The van der Waals surface area contributed by atoms with Crippen LogP contribution in [0.3, 0.4) is 0 Å². The number of rotatable bonds is 4. The summed E-state index contributed by atoms with van der Waals surface area (Å²) < 4.78 is 10.3. The molecule has 0 N–H and O–H groups in total. The first-order valence-electron chi connectivity index (χ1n) is 5.76. The fourth-order valence-corrected chi connectivity index (χ4v) is 2.06. The van der Waals surface area contributed by atoms with Crippen LogP contribution in [0, 0.1) is 0 Å². The maximum absolute atomic E-state index is 12.2. The molecule has 0 radical (unpaired) electrons. The number of nitrogens with zero attached hydrogens (tertiary/aromatic N) is 1. The smallest absolute Gasteiger partial charge is 0.265 e. The van der Waals surface area contributed by atoms with Crippen molar-refractivity contribution >= 4 is 11.8 Å². The summed E-state index contributed by atoms with van der Waals surface area (Å²) in [6, 6.07) is 3.19. The Bertz CT molecular complexity index is 510. The predicted molar refractivity (Wildman–Crippen MR) is 65.2 cm³/mol. The van der Waals surface area contributed by atoms with Gasteiger partial charge < -0.3 is 9.47 Å². The number of amides is 2. The van der Waals surface area contributed by atoms with E-state index in [4.69, 9.17) is 9.47 Å². The molecule has 5 heteroatoms. The second kappa shape index (κ2) is 4.68. The first-order chi connectivity index (χ1) is 8.63. The van der Waals surface area contributed by atoms with Crippen LogP contribution in [0.2, 0.25) is 0 Å². The van der Waals surface area contributed by atoms with E-state index in [1.807, 2.05) is 6.92 Å². The van der Waals surface area contributed by atoms with Crippen LogP contribution in [0.25, 0.3) is 0 Å². The van der Waals surface area contributed by atoms with Crippen molar-refractivity contribution in [3.8, 4) is 11.5 Å². The standard InChI is InChI=1S/C13H15NO4/c1-4-5-14-12(15)9-6-8(17-2)7-10(18-3)11(9)13(14)16/h6-7H,4-5H2,1-3H3. The quantitative estimate of drug-likeness (QED) is 0.762. The molecule has 2 rings (SSSR count). The molecule has 0 saturated carbocycles. The van der Waals surface area contributed by atoms with Gasteiger partial charge in [0.2, 0.25) is 0 Å². The molecule has 1 heterocycles. The average molecular weight is 249 g/mol. The van der Waals surface area contributed by atoms with Crippen molar-refractivity contribution < 1.29 is 19.1 Å². The summed E-state index contributed by atoms with van der Waals surface area (Å²) in [6.07, 6.45) is 0.727. The lowest BCUT2D eigenvalue weighted by Gasteiger charge is -2.11. The number of hydrogen-bond donors (Lipinski definition) is 0. The fraction of sp³-hybridized carbons (Fsp3) is 0.385. The van der Waals surface area contributed by atoms with Crippen LogP contribution in [-0.2, 0) is 0 Å². The highest BCUT2D eigenvalue weighted by atomic mass is 16.5. The third-order valence-corrected chi connectivity index (χ3v) is 2.91. The Balaban J connectivity index is 2.56. The molecule has 0 aromatic heterocycles. The van der Waals surface area contributed by atoms with Gasteiger partial charge in [-0.2, -0.15) is 0 Å². The Morgan fingerprint density at radius 2 is 1.83 bits per heavy atom. The SMILES string of the molecule is CCCN1C(=O)c2cc(OC)cc(OC)c2C1=O. The summed E-state index contributed by atoms with van der Waals surface area (Å²) in [5.74, 6) is 0.303. The minimum Gasteiger partial charge on any atom is -0.497 e. The number of carbonyl (C=O) groups is 2. The largest absolute Gasteiger partial charge is 0.497 e. The van der Waals surface area contributed by atoms with Gasteiger partial charge in [0.05, 0.1) is 25.3 Å². The van der Waals surface area contributed by atoms with Crippen LogP contribution < -0.4 is 9.47 Å². The molecule has 0 saturated heterocycles. The van der Waals surface area contributed by atoms with E-state index in [0.717, 1.165) is 6.42 Å². The molecule has 0 fully saturated rings. The Morgan fingerprint density at radius 3 is 2.39 bits per heavy atom. The van der Waals surface area contributed by atoms with Gasteiger partial charge in [0.25, 0.3) is 11.8 Å². The van der Waals surface area contributed by atoms with Crippen LogP contribution in [-0.4, -0.2) is 37.5 Å². The molecular formula is C13H15NO4. The second-order valence-corrected chi connectivity index (χ2v) is 4.01. The molecule has 0 bridgehead atoms. The molecule has 1 aliphatic rings. The topological polar surface area (TPSA) is 55.8 Å². The van der Waals surface area contributed by atoms with Crippen LogP contribution in [0.1, 0.15) is 34.1 Å². The van der Waals surface area contributed by atoms with Gasteiger partial charge in [-0.15, -0.1) is 0 Å². The molecule has 96 valence electrons. The molecule has 5 nitrogen and oxygen atoms in total. The van der Waals surface area contributed by atoms with Crippen molar-refractivity contribution in [1.29, 1.82) is 0 Å². The van der Waals surface area contributed by atoms with Gasteiger partial charge in [-0.1, -0.05) is 6.92 Å². The minimum absolute atomic E-state index is 0.283. The van der Waals surface area contributed by atoms with E-state index < -0.39 is 0 Å². The molecule has 1 aromatic rings. The van der Waals surface area contributed by atoms with E-state index in [9.17, 15) is 9.59 Å². The number of hydrogen-bond acceptors (Lipinski definition) is 4. The third kappa shape index (κ3) is 1.72. The molecule has 1 aromatic carbocycles. The maximum atomic E-state index is 12.2. The normalized spacial score (nSPS) is 13.8. The van der Waals surface area contributed by atoms with Crippen molar-refractivity contribution in [3.63, 3.8) is 0 Å². The Labute approximate surface area is 105 Å². The van der Waals surface area contributed by atoms with E-state index in [-0.39, 0.29) is 11.8 Å². The molecule has 0 spiro atoms. The molecule has 0 unspecified atom stereocenters. The number of methoxy groups -OCH3 is 2. The maximum Gasteiger partial charge on any atom is 0.265 e. The van der Waals surface area contributed by atoms with Crippen molar-refractivity contribution in [2.24, 2.45) is 0 Å². The number of carbonyl (C=O) groups excluding carboxylic acids is 2. The number of ether oxygens (including phenoxy) is 2. The lowest BCUT2D eigenvalue weighted by Crippen LogP contribution is -2.30. The van der Waals surface area contributed by atoms with Crippen molar-refractivity contribution in [2.45, 2.75) is 13.3 Å². The Morgan fingerprint density at radius 1 is 1.11 bits per heavy atom. The monoisotopic (exact) mass is 249 g/mol.